The third-order valence-corrected chi connectivity index (χ3v) is 2.98. The molecule has 2 nitrogen and oxygen atoms in total. The zero-order valence-electron chi connectivity index (χ0n) is 10.1. The van der Waals surface area contributed by atoms with Crippen molar-refractivity contribution in [3.8, 4) is 5.75 Å². The van der Waals surface area contributed by atoms with E-state index in [2.05, 4.69) is 0 Å². The third-order valence-electron chi connectivity index (χ3n) is 2.98. The van der Waals surface area contributed by atoms with Gasteiger partial charge in [0.25, 0.3) is 0 Å². The van der Waals surface area contributed by atoms with Gasteiger partial charge in [0.2, 0.25) is 5.82 Å². The molecule has 1 saturated heterocycles. The highest BCUT2D eigenvalue weighted by molar-refractivity contribution is 5.29. The molecule has 0 aliphatic carbocycles. The van der Waals surface area contributed by atoms with Crippen LogP contribution >= 0.6 is 0 Å². The van der Waals surface area contributed by atoms with Crippen LogP contribution in [0.4, 0.5) is 17.6 Å². The summed E-state index contributed by atoms with van der Waals surface area (Å²) in [5.74, 6) is -6.99. The fourth-order valence-corrected chi connectivity index (χ4v) is 2.08. The van der Waals surface area contributed by atoms with E-state index in [4.69, 9.17) is 4.74 Å². The van der Waals surface area contributed by atoms with Gasteiger partial charge in [0.15, 0.2) is 23.2 Å². The van der Waals surface area contributed by atoms with Gasteiger partial charge in [0.05, 0.1) is 0 Å². The number of benzene rings is 1. The van der Waals surface area contributed by atoms with Crippen LogP contribution in [0, 0.1) is 23.3 Å². The first-order valence-electron chi connectivity index (χ1n) is 5.60. The van der Waals surface area contributed by atoms with Crippen LogP contribution in [-0.4, -0.2) is 30.1 Å². The molecule has 0 saturated carbocycles. The number of hydrogen-bond donors (Lipinski definition) is 0. The average molecular weight is 263 g/mol. The Morgan fingerprint density at radius 2 is 1.78 bits per heavy atom. The topological polar surface area (TPSA) is 12.5 Å². The van der Waals surface area contributed by atoms with E-state index in [-0.39, 0.29) is 6.07 Å². The number of halogens is 4. The van der Waals surface area contributed by atoms with Gasteiger partial charge in [-0.1, -0.05) is 6.92 Å². The Hall–Kier alpha value is -1.30. The molecule has 0 N–H and O–H groups in total. The second-order valence-electron chi connectivity index (χ2n) is 4.65. The first-order chi connectivity index (χ1) is 8.36. The molecule has 1 aromatic carbocycles. The summed E-state index contributed by atoms with van der Waals surface area (Å²) in [6, 6.07) is 0.285. The SMILES string of the molecule is CCN1CC(C)(Oc2c(F)cc(F)c(F)c2F)C1. The Morgan fingerprint density at radius 3 is 2.33 bits per heavy atom. The number of hydrogen-bond acceptors (Lipinski definition) is 2. The van der Waals surface area contributed by atoms with Crippen molar-refractivity contribution in [2.24, 2.45) is 0 Å². The van der Waals surface area contributed by atoms with E-state index in [1.165, 1.54) is 0 Å². The van der Waals surface area contributed by atoms with Gasteiger partial charge < -0.3 is 4.74 Å². The van der Waals surface area contributed by atoms with Crippen LogP contribution in [0.2, 0.25) is 0 Å². The van der Waals surface area contributed by atoms with Crippen LogP contribution in [0.15, 0.2) is 6.07 Å². The summed E-state index contributed by atoms with van der Waals surface area (Å²) < 4.78 is 57.7. The quantitative estimate of drug-likeness (QED) is 0.472. The molecule has 0 amide bonds. The molecule has 18 heavy (non-hydrogen) atoms. The zero-order chi connectivity index (χ0) is 13.5. The Bertz CT molecular complexity index is 472. The molecular formula is C12H13F4NO. The molecule has 100 valence electrons. The maximum atomic E-state index is 13.4. The van der Waals surface area contributed by atoms with Crippen molar-refractivity contribution in [1.29, 1.82) is 0 Å². The lowest BCUT2D eigenvalue weighted by Crippen LogP contribution is -2.63. The fraction of sp³-hybridized carbons (Fsp3) is 0.500. The molecule has 1 fully saturated rings. The first-order valence-corrected chi connectivity index (χ1v) is 5.60. The molecule has 2 rings (SSSR count). The molecule has 0 unspecified atom stereocenters. The summed E-state index contributed by atoms with van der Waals surface area (Å²) in [5.41, 5.74) is -0.776. The van der Waals surface area contributed by atoms with Crippen molar-refractivity contribution in [2.75, 3.05) is 19.6 Å². The van der Waals surface area contributed by atoms with E-state index in [1.807, 2.05) is 11.8 Å². The minimum atomic E-state index is -1.72. The molecular weight excluding hydrogens is 250 g/mol. The van der Waals surface area contributed by atoms with Gasteiger partial charge in [0, 0.05) is 19.2 Å². The zero-order valence-corrected chi connectivity index (χ0v) is 10.1. The highest BCUT2D eigenvalue weighted by Gasteiger charge is 2.41. The van der Waals surface area contributed by atoms with Crippen molar-refractivity contribution < 1.29 is 22.3 Å². The molecule has 0 radical (unpaired) electrons. The summed E-state index contributed by atoms with van der Waals surface area (Å²) in [6.07, 6.45) is 0. The Balaban J connectivity index is 2.23. The summed E-state index contributed by atoms with van der Waals surface area (Å²) in [7, 11) is 0. The Kier molecular flexibility index (Phi) is 3.23. The maximum Gasteiger partial charge on any atom is 0.206 e. The largest absolute Gasteiger partial charge is 0.479 e. The molecule has 1 heterocycles. The third kappa shape index (κ3) is 2.16. The summed E-state index contributed by atoms with van der Waals surface area (Å²) in [4.78, 5) is 2.00. The van der Waals surface area contributed by atoms with E-state index in [0.717, 1.165) is 6.54 Å². The van der Waals surface area contributed by atoms with E-state index < -0.39 is 34.6 Å². The lowest BCUT2D eigenvalue weighted by Gasteiger charge is -2.47. The molecule has 1 aliphatic rings. The predicted molar refractivity (Wildman–Crippen MR) is 57.4 cm³/mol. The fourth-order valence-electron chi connectivity index (χ4n) is 2.08. The number of likely N-dealkylation sites (tertiary alicyclic amines) is 1. The van der Waals surface area contributed by atoms with Gasteiger partial charge in [-0.2, -0.15) is 4.39 Å². The number of ether oxygens (including phenoxy) is 1. The highest BCUT2D eigenvalue weighted by atomic mass is 19.2. The van der Waals surface area contributed by atoms with Crippen molar-refractivity contribution in [1.82, 2.24) is 4.90 Å². The van der Waals surface area contributed by atoms with Crippen LogP contribution in [0.5, 0.6) is 5.75 Å². The average Bonchev–Trinajstić information content (AvgIpc) is 2.28. The highest BCUT2D eigenvalue weighted by Crippen LogP contribution is 2.32. The van der Waals surface area contributed by atoms with Crippen LogP contribution in [0.3, 0.4) is 0 Å². The van der Waals surface area contributed by atoms with E-state index in [9.17, 15) is 17.6 Å². The predicted octanol–water partition coefficient (Wildman–Crippen LogP) is 2.72. The number of rotatable bonds is 3. The van der Waals surface area contributed by atoms with Crippen molar-refractivity contribution >= 4 is 0 Å². The summed E-state index contributed by atoms with van der Waals surface area (Å²) >= 11 is 0. The van der Waals surface area contributed by atoms with E-state index in [0.29, 0.717) is 13.1 Å². The van der Waals surface area contributed by atoms with Crippen LogP contribution < -0.4 is 4.74 Å². The first kappa shape index (κ1) is 13.1. The molecule has 1 aromatic rings. The van der Waals surface area contributed by atoms with Gasteiger partial charge in [-0.05, 0) is 13.5 Å². The summed E-state index contributed by atoms with van der Waals surface area (Å²) in [5, 5.41) is 0. The van der Waals surface area contributed by atoms with Crippen LogP contribution in [0.1, 0.15) is 13.8 Å². The number of likely N-dealkylation sites (N-methyl/N-ethyl adjacent to an activating group) is 1. The molecule has 0 atom stereocenters. The van der Waals surface area contributed by atoms with Gasteiger partial charge in [0.1, 0.15) is 5.60 Å². The van der Waals surface area contributed by atoms with Crippen LogP contribution in [0.25, 0.3) is 0 Å². The Labute approximate surface area is 102 Å². The van der Waals surface area contributed by atoms with E-state index >= 15 is 0 Å². The lowest BCUT2D eigenvalue weighted by atomic mass is 9.96. The minimum absolute atomic E-state index is 0.285. The van der Waals surface area contributed by atoms with E-state index in [1.54, 1.807) is 6.92 Å². The normalized spacial score (nSPS) is 18.6. The van der Waals surface area contributed by atoms with Gasteiger partial charge >= 0.3 is 0 Å². The lowest BCUT2D eigenvalue weighted by molar-refractivity contribution is -0.0649. The molecule has 1 aliphatic heterocycles. The molecule has 0 bridgehead atoms. The standard InChI is InChI=1S/C12H13F4NO/c1-3-17-5-12(2,6-17)18-11-8(14)4-7(13)9(15)10(11)16/h4H,3,5-6H2,1-2H3. The van der Waals surface area contributed by atoms with Crippen molar-refractivity contribution in [3.63, 3.8) is 0 Å². The van der Waals surface area contributed by atoms with Crippen molar-refractivity contribution in [2.45, 2.75) is 19.4 Å². The smallest absolute Gasteiger partial charge is 0.206 e. The molecule has 0 spiro atoms. The Morgan fingerprint density at radius 1 is 1.17 bits per heavy atom. The van der Waals surface area contributed by atoms with Crippen molar-refractivity contribution in [3.05, 3.63) is 29.3 Å². The van der Waals surface area contributed by atoms with Gasteiger partial charge in [-0.25, -0.2) is 13.2 Å². The number of nitrogens with zero attached hydrogens (tertiary/aromatic N) is 1. The van der Waals surface area contributed by atoms with Gasteiger partial charge in [-0.15, -0.1) is 0 Å². The molecule has 0 aromatic heterocycles. The van der Waals surface area contributed by atoms with Gasteiger partial charge in [-0.3, -0.25) is 4.90 Å². The van der Waals surface area contributed by atoms with Crippen LogP contribution in [-0.2, 0) is 0 Å². The second-order valence-corrected chi connectivity index (χ2v) is 4.65. The minimum Gasteiger partial charge on any atom is -0.479 e. The second kappa shape index (κ2) is 4.42. The monoisotopic (exact) mass is 263 g/mol. The summed E-state index contributed by atoms with van der Waals surface area (Å²) in [6.45, 7) is 5.38. The molecule has 6 heteroatoms. The maximum absolute atomic E-state index is 13.4.